The summed E-state index contributed by atoms with van der Waals surface area (Å²) in [5, 5.41) is 0.550. The molecule has 0 saturated heterocycles. The van der Waals surface area contributed by atoms with Crippen molar-refractivity contribution >= 4 is 29.2 Å². The first-order valence-corrected chi connectivity index (χ1v) is 11.0. The smallest absolute Gasteiger partial charge is 0.231 e. The van der Waals surface area contributed by atoms with Gasteiger partial charge >= 0.3 is 0 Å². The molecule has 1 aliphatic rings. The fourth-order valence-corrected chi connectivity index (χ4v) is 3.85. The number of allylic oxidation sites excluding steroid dienone is 1. The molecule has 0 atom stereocenters. The molecule has 4 rings (SSSR count). The molecule has 0 saturated carbocycles. The Morgan fingerprint density at radius 3 is 2.20 bits per heavy atom. The van der Waals surface area contributed by atoms with Gasteiger partial charge in [-0.2, -0.15) is 0 Å². The van der Waals surface area contributed by atoms with E-state index in [9.17, 15) is 9.59 Å². The van der Waals surface area contributed by atoms with E-state index in [1.54, 1.807) is 61.5 Å². The quantitative estimate of drug-likeness (QED) is 0.300. The van der Waals surface area contributed by atoms with Gasteiger partial charge < -0.3 is 23.7 Å². The Hall–Kier alpha value is -3.97. The zero-order chi connectivity index (χ0) is 25.1. The summed E-state index contributed by atoms with van der Waals surface area (Å²) < 4.78 is 27.8. The average molecular weight is 495 g/mol. The molecule has 0 bridgehead atoms. The third kappa shape index (κ3) is 4.81. The van der Waals surface area contributed by atoms with E-state index in [0.29, 0.717) is 56.0 Å². The van der Waals surface area contributed by atoms with Crippen LogP contribution in [0.4, 0.5) is 0 Å². The number of hydrogen-bond donors (Lipinski definition) is 0. The van der Waals surface area contributed by atoms with E-state index in [1.165, 1.54) is 21.3 Å². The van der Waals surface area contributed by atoms with Gasteiger partial charge in [-0.25, -0.2) is 0 Å². The number of Topliss-reactive ketones (excluding diaryl/α,β-unsaturated/α-hetero) is 2. The lowest BCUT2D eigenvalue weighted by molar-refractivity contribution is 0.0920. The van der Waals surface area contributed by atoms with Gasteiger partial charge in [0.1, 0.15) is 11.5 Å². The highest BCUT2D eigenvalue weighted by Crippen LogP contribution is 2.41. The largest absolute Gasteiger partial charge is 0.493 e. The number of halogens is 1. The van der Waals surface area contributed by atoms with E-state index in [0.717, 1.165) is 0 Å². The average Bonchev–Trinajstić information content (AvgIpc) is 3.18. The first-order chi connectivity index (χ1) is 16.9. The third-order valence-corrected chi connectivity index (χ3v) is 5.80. The summed E-state index contributed by atoms with van der Waals surface area (Å²) in [6.45, 7) is 1.61. The van der Waals surface area contributed by atoms with Crippen LogP contribution in [0.25, 0.3) is 6.08 Å². The normalized spacial score (nSPS) is 13.3. The predicted octanol–water partition coefficient (Wildman–Crippen LogP) is 5.55. The number of rotatable bonds is 8. The SMILES string of the molecule is COc1cc(/C=C2\Oc3c(ccc(OCC(=O)c4ccc(Cl)cc4)c3C)C2=O)cc(OC)c1OC. The van der Waals surface area contributed by atoms with Gasteiger partial charge in [0.25, 0.3) is 0 Å². The number of benzene rings is 3. The van der Waals surface area contributed by atoms with Crippen LogP contribution in [0, 0.1) is 6.92 Å². The van der Waals surface area contributed by atoms with Crippen molar-refractivity contribution in [3.8, 4) is 28.7 Å². The van der Waals surface area contributed by atoms with Gasteiger partial charge in [-0.3, -0.25) is 9.59 Å². The molecule has 3 aromatic carbocycles. The zero-order valence-electron chi connectivity index (χ0n) is 19.6. The molecule has 0 unspecified atom stereocenters. The molecule has 35 heavy (non-hydrogen) atoms. The molecule has 3 aromatic rings. The van der Waals surface area contributed by atoms with Gasteiger partial charge in [-0.05, 0) is 67.1 Å². The Morgan fingerprint density at radius 2 is 1.60 bits per heavy atom. The minimum atomic E-state index is -0.263. The van der Waals surface area contributed by atoms with Crippen LogP contribution < -0.4 is 23.7 Å². The summed E-state index contributed by atoms with van der Waals surface area (Å²) in [7, 11) is 4.55. The Bertz CT molecular complexity index is 1300. The minimum absolute atomic E-state index is 0.145. The van der Waals surface area contributed by atoms with Crippen molar-refractivity contribution in [1.29, 1.82) is 0 Å². The highest BCUT2D eigenvalue weighted by molar-refractivity contribution is 6.30. The van der Waals surface area contributed by atoms with E-state index in [-0.39, 0.29) is 23.9 Å². The van der Waals surface area contributed by atoms with E-state index < -0.39 is 0 Å². The Balaban J connectivity index is 1.56. The van der Waals surface area contributed by atoms with Crippen LogP contribution in [0.3, 0.4) is 0 Å². The Morgan fingerprint density at radius 1 is 0.943 bits per heavy atom. The molecule has 0 spiro atoms. The van der Waals surface area contributed by atoms with Crippen LogP contribution in [0.15, 0.2) is 54.3 Å². The van der Waals surface area contributed by atoms with E-state index in [4.69, 9.17) is 35.3 Å². The fourth-order valence-electron chi connectivity index (χ4n) is 3.72. The zero-order valence-corrected chi connectivity index (χ0v) is 20.4. The lowest BCUT2D eigenvalue weighted by Crippen LogP contribution is -2.12. The maximum Gasteiger partial charge on any atom is 0.231 e. The number of ketones is 2. The number of methoxy groups -OCH3 is 3. The standard InChI is InChI=1S/C27H23ClO7/c1-15-21(34-14-20(29)17-5-7-18(28)8-6-17)10-9-19-25(30)22(35-26(15)19)11-16-12-23(31-2)27(33-4)24(13-16)32-3/h5-13H,14H2,1-4H3/b22-11-. The lowest BCUT2D eigenvalue weighted by atomic mass is 10.1. The molecular weight excluding hydrogens is 472 g/mol. The van der Waals surface area contributed by atoms with E-state index in [2.05, 4.69) is 0 Å². The number of hydrogen-bond acceptors (Lipinski definition) is 7. The van der Waals surface area contributed by atoms with E-state index in [1.807, 2.05) is 0 Å². The van der Waals surface area contributed by atoms with Gasteiger partial charge in [0, 0.05) is 16.1 Å². The van der Waals surface area contributed by atoms with Crippen molar-refractivity contribution in [1.82, 2.24) is 0 Å². The monoisotopic (exact) mass is 494 g/mol. The van der Waals surface area contributed by atoms with Gasteiger partial charge in [0.15, 0.2) is 29.6 Å². The Kier molecular flexibility index (Phi) is 6.98. The molecule has 7 nitrogen and oxygen atoms in total. The second kappa shape index (κ2) is 10.1. The van der Waals surface area contributed by atoms with Crippen LogP contribution in [-0.4, -0.2) is 39.5 Å². The van der Waals surface area contributed by atoms with Crippen LogP contribution in [-0.2, 0) is 0 Å². The molecule has 0 N–H and O–H groups in total. The fraction of sp³-hybridized carbons (Fsp3) is 0.185. The van der Waals surface area contributed by atoms with Gasteiger partial charge in [-0.1, -0.05) is 11.6 Å². The van der Waals surface area contributed by atoms with Crippen molar-refractivity contribution < 1.29 is 33.3 Å². The summed E-state index contributed by atoms with van der Waals surface area (Å²) in [6, 6.07) is 13.3. The first kappa shape index (κ1) is 24.2. The summed E-state index contributed by atoms with van der Waals surface area (Å²) in [5.74, 6) is 1.90. The van der Waals surface area contributed by atoms with Crippen LogP contribution in [0.2, 0.25) is 5.02 Å². The topological polar surface area (TPSA) is 80.3 Å². The molecule has 0 radical (unpaired) electrons. The van der Waals surface area contributed by atoms with Gasteiger partial charge in [0.05, 0.1) is 26.9 Å². The van der Waals surface area contributed by atoms with Crippen molar-refractivity contribution in [2.24, 2.45) is 0 Å². The van der Waals surface area contributed by atoms with E-state index >= 15 is 0 Å². The van der Waals surface area contributed by atoms with Crippen molar-refractivity contribution in [2.45, 2.75) is 6.92 Å². The Labute approximate surface area is 207 Å². The molecule has 180 valence electrons. The summed E-state index contributed by atoms with van der Waals surface area (Å²) in [5.41, 5.74) is 2.17. The van der Waals surface area contributed by atoms with Crippen LogP contribution in [0.5, 0.6) is 28.7 Å². The second-order valence-electron chi connectivity index (χ2n) is 7.68. The highest BCUT2D eigenvalue weighted by atomic mass is 35.5. The summed E-state index contributed by atoms with van der Waals surface area (Å²) >= 11 is 5.88. The number of ether oxygens (including phenoxy) is 5. The lowest BCUT2D eigenvalue weighted by Gasteiger charge is -2.13. The van der Waals surface area contributed by atoms with Crippen LogP contribution >= 0.6 is 11.6 Å². The van der Waals surface area contributed by atoms with Crippen LogP contribution in [0.1, 0.15) is 31.8 Å². The molecule has 0 fully saturated rings. The predicted molar refractivity (Wildman–Crippen MR) is 131 cm³/mol. The van der Waals surface area contributed by atoms with Crippen molar-refractivity contribution in [2.75, 3.05) is 27.9 Å². The summed E-state index contributed by atoms with van der Waals surface area (Å²) in [4.78, 5) is 25.4. The number of fused-ring (bicyclic) bond motifs is 1. The van der Waals surface area contributed by atoms with Crippen molar-refractivity contribution in [3.05, 3.63) is 81.6 Å². The maximum absolute atomic E-state index is 13.0. The summed E-state index contributed by atoms with van der Waals surface area (Å²) in [6.07, 6.45) is 1.61. The maximum atomic E-state index is 13.0. The van der Waals surface area contributed by atoms with Crippen molar-refractivity contribution in [3.63, 3.8) is 0 Å². The number of carbonyl (C=O) groups is 2. The van der Waals surface area contributed by atoms with Gasteiger partial charge in [-0.15, -0.1) is 0 Å². The molecular formula is C27H23ClO7. The highest BCUT2D eigenvalue weighted by Gasteiger charge is 2.30. The van der Waals surface area contributed by atoms with Gasteiger partial charge in [0.2, 0.25) is 11.5 Å². The minimum Gasteiger partial charge on any atom is -0.493 e. The molecule has 8 heteroatoms. The molecule has 1 heterocycles. The second-order valence-corrected chi connectivity index (χ2v) is 8.12. The molecule has 0 amide bonds. The third-order valence-electron chi connectivity index (χ3n) is 5.55. The first-order valence-electron chi connectivity index (χ1n) is 10.7. The molecule has 0 aromatic heterocycles. The molecule has 0 aliphatic carbocycles. The molecule has 1 aliphatic heterocycles. The number of carbonyl (C=O) groups excluding carboxylic acids is 2.